The molecule has 0 fully saturated rings. The Labute approximate surface area is 92.9 Å². The van der Waals surface area contributed by atoms with Crippen LogP contribution in [0.25, 0.3) is 11.4 Å². The fourth-order valence-electron chi connectivity index (χ4n) is 0.950. The van der Waals surface area contributed by atoms with Crippen molar-refractivity contribution in [1.29, 1.82) is 0 Å². The quantitative estimate of drug-likeness (QED) is 0.794. The minimum atomic E-state index is 0.698. The number of aromatic nitrogens is 2. The van der Waals surface area contributed by atoms with E-state index in [0.717, 1.165) is 9.48 Å². The van der Waals surface area contributed by atoms with E-state index in [-0.39, 0.29) is 0 Å². The average molecular weight is 276 g/mol. The Morgan fingerprint density at radius 1 is 1.38 bits per heavy atom. The lowest BCUT2D eigenvalue weighted by molar-refractivity contribution is 1.30. The summed E-state index contributed by atoms with van der Waals surface area (Å²) in [7, 11) is 0. The number of halogens is 2. The van der Waals surface area contributed by atoms with Gasteiger partial charge in [0.25, 0.3) is 0 Å². The number of hydrogen-bond donors (Lipinski definition) is 0. The largest absolute Gasteiger partial charge is 0.208 e. The standard InChI is InChI=1S/C8H4BrClN2S/c9-8-11-7(12-13-8)5-2-1-3-6(10)4-5/h1-4H. The third kappa shape index (κ3) is 2.07. The molecular formula is C8H4BrClN2S. The summed E-state index contributed by atoms with van der Waals surface area (Å²) < 4.78 is 4.93. The molecule has 0 atom stereocenters. The zero-order valence-electron chi connectivity index (χ0n) is 6.37. The second-order valence-electron chi connectivity index (χ2n) is 2.38. The van der Waals surface area contributed by atoms with Crippen molar-refractivity contribution in [3.8, 4) is 11.4 Å². The molecule has 0 saturated carbocycles. The van der Waals surface area contributed by atoms with Gasteiger partial charge in [0.05, 0.1) is 0 Å². The summed E-state index contributed by atoms with van der Waals surface area (Å²) in [6, 6.07) is 7.48. The first-order chi connectivity index (χ1) is 6.25. The highest BCUT2D eigenvalue weighted by Gasteiger charge is 2.04. The molecule has 0 saturated heterocycles. The molecule has 0 spiro atoms. The highest BCUT2D eigenvalue weighted by atomic mass is 79.9. The van der Waals surface area contributed by atoms with Crippen molar-refractivity contribution in [2.24, 2.45) is 0 Å². The van der Waals surface area contributed by atoms with Crippen LogP contribution >= 0.6 is 39.1 Å². The minimum absolute atomic E-state index is 0.698. The highest BCUT2D eigenvalue weighted by molar-refractivity contribution is 9.11. The molecule has 13 heavy (non-hydrogen) atoms. The summed E-state index contributed by atoms with van der Waals surface area (Å²) in [5.41, 5.74) is 0.939. The van der Waals surface area contributed by atoms with Gasteiger partial charge < -0.3 is 0 Å². The van der Waals surface area contributed by atoms with Gasteiger partial charge in [0.2, 0.25) is 0 Å². The lowest BCUT2D eigenvalue weighted by Crippen LogP contribution is -1.78. The maximum atomic E-state index is 5.84. The lowest BCUT2D eigenvalue weighted by Gasteiger charge is -1.94. The van der Waals surface area contributed by atoms with Crippen molar-refractivity contribution in [3.05, 3.63) is 33.2 Å². The molecule has 0 unspecified atom stereocenters. The summed E-state index contributed by atoms with van der Waals surface area (Å²) in [6.07, 6.45) is 0. The monoisotopic (exact) mass is 274 g/mol. The zero-order valence-corrected chi connectivity index (χ0v) is 9.53. The molecule has 2 aromatic rings. The highest BCUT2D eigenvalue weighted by Crippen LogP contribution is 2.23. The Hall–Kier alpha value is -0.450. The molecule has 1 heterocycles. The molecule has 2 nitrogen and oxygen atoms in total. The van der Waals surface area contributed by atoms with Gasteiger partial charge >= 0.3 is 0 Å². The molecular weight excluding hydrogens is 272 g/mol. The fourth-order valence-corrected chi connectivity index (χ4v) is 1.96. The van der Waals surface area contributed by atoms with Crippen LogP contribution in [-0.2, 0) is 0 Å². The molecule has 0 aliphatic rings. The van der Waals surface area contributed by atoms with E-state index in [2.05, 4.69) is 25.3 Å². The first-order valence-electron chi connectivity index (χ1n) is 3.51. The van der Waals surface area contributed by atoms with Crippen molar-refractivity contribution < 1.29 is 0 Å². The van der Waals surface area contributed by atoms with Crippen LogP contribution in [0.2, 0.25) is 5.02 Å². The van der Waals surface area contributed by atoms with Gasteiger partial charge in [-0.3, -0.25) is 0 Å². The van der Waals surface area contributed by atoms with Gasteiger partial charge in [-0.15, -0.1) is 0 Å². The third-order valence-corrected chi connectivity index (χ3v) is 2.84. The van der Waals surface area contributed by atoms with Crippen molar-refractivity contribution in [1.82, 2.24) is 9.36 Å². The zero-order chi connectivity index (χ0) is 9.26. The van der Waals surface area contributed by atoms with Gasteiger partial charge in [-0.1, -0.05) is 23.7 Å². The van der Waals surface area contributed by atoms with Gasteiger partial charge in [-0.25, -0.2) is 4.98 Å². The number of benzene rings is 1. The van der Waals surface area contributed by atoms with Crippen molar-refractivity contribution in [2.75, 3.05) is 0 Å². The van der Waals surface area contributed by atoms with Gasteiger partial charge in [0, 0.05) is 10.6 Å². The summed E-state index contributed by atoms with van der Waals surface area (Å²) in [5.74, 6) is 0.708. The Morgan fingerprint density at radius 2 is 2.23 bits per heavy atom. The third-order valence-electron chi connectivity index (χ3n) is 1.48. The van der Waals surface area contributed by atoms with Crippen molar-refractivity contribution in [2.45, 2.75) is 0 Å². The van der Waals surface area contributed by atoms with Crippen molar-refractivity contribution >= 4 is 39.1 Å². The SMILES string of the molecule is Clc1cccc(-c2nsc(Br)n2)c1. The van der Waals surface area contributed by atoms with E-state index >= 15 is 0 Å². The number of nitrogens with zero attached hydrogens (tertiary/aromatic N) is 2. The summed E-state index contributed by atoms with van der Waals surface area (Å²) in [4.78, 5) is 4.19. The van der Waals surface area contributed by atoms with Crippen LogP contribution in [0.4, 0.5) is 0 Å². The number of rotatable bonds is 1. The molecule has 0 N–H and O–H groups in total. The molecule has 5 heteroatoms. The maximum absolute atomic E-state index is 5.84. The average Bonchev–Trinajstić information content (AvgIpc) is 2.52. The van der Waals surface area contributed by atoms with Gasteiger partial charge in [0.1, 0.15) is 0 Å². The Kier molecular flexibility index (Phi) is 2.62. The van der Waals surface area contributed by atoms with E-state index in [0.29, 0.717) is 10.8 Å². The lowest BCUT2D eigenvalue weighted by atomic mass is 10.2. The smallest absolute Gasteiger partial charge is 0.179 e. The molecule has 0 aliphatic heterocycles. The molecule has 0 bridgehead atoms. The van der Waals surface area contributed by atoms with E-state index < -0.39 is 0 Å². The molecule has 66 valence electrons. The molecule has 0 amide bonds. The minimum Gasteiger partial charge on any atom is -0.208 e. The van der Waals surface area contributed by atoms with Crippen LogP contribution in [0, 0.1) is 0 Å². The predicted molar refractivity (Wildman–Crippen MR) is 58.1 cm³/mol. The van der Waals surface area contributed by atoms with E-state index in [9.17, 15) is 0 Å². The summed E-state index contributed by atoms with van der Waals surface area (Å²) >= 11 is 10.4. The Morgan fingerprint density at radius 3 is 2.85 bits per heavy atom. The van der Waals surface area contributed by atoms with Crippen LogP contribution in [0.15, 0.2) is 28.2 Å². The second kappa shape index (κ2) is 3.74. The van der Waals surface area contributed by atoms with E-state index in [1.807, 2.05) is 24.3 Å². The van der Waals surface area contributed by atoms with Crippen LogP contribution < -0.4 is 0 Å². The van der Waals surface area contributed by atoms with E-state index in [1.165, 1.54) is 11.5 Å². The summed E-state index contributed by atoms with van der Waals surface area (Å²) in [5, 5.41) is 0.698. The number of hydrogen-bond acceptors (Lipinski definition) is 3. The van der Waals surface area contributed by atoms with Crippen LogP contribution in [-0.4, -0.2) is 9.36 Å². The molecule has 2 rings (SSSR count). The first-order valence-corrected chi connectivity index (χ1v) is 5.45. The van der Waals surface area contributed by atoms with Crippen LogP contribution in [0.1, 0.15) is 0 Å². The predicted octanol–water partition coefficient (Wildman–Crippen LogP) is 3.62. The van der Waals surface area contributed by atoms with Gasteiger partial charge in [-0.05, 0) is 39.6 Å². The molecule has 1 aromatic heterocycles. The molecule has 1 aromatic carbocycles. The van der Waals surface area contributed by atoms with Crippen molar-refractivity contribution in [3.63, 3.8) is 0 Å². The normalized spacial score (nSPS) is 10.3. The topological polar surface area (TPSA) is 25.8 Å². The van der Waals surface area contributed by atoms with E-state index in [4.69, 9.17) is 11.6 Å². The molecule has 0 aliphatic carbocycles. The second-order valence-corrected chi connectivity index (χ2v) is 4.85. The van der Waals surface area contributed by atoms with E-state index in [1.54, 1.807) is 0 Å². The fraction of sp³-hybridized carbons (Fsp3) is 0. The van der Waals surface area contributed by atoms with Crippen LogP contribution in [0.5, 0.6) is 0 Å². The Bertz CT molecular complexity index is 430. The summed E-state index contributed by atoms with van der Waals surface area (Å²) in [6.45, 7) is 0. The maximum Gasteiger partial charge on any atom is 0.179 e. The van der Waals surface area contributed by atoms with Gasteiger partial charge in [0.15, 0.2) is 9.74 Å². The Balaban J connectivity index is 2.46. The first kappa shape index (κ1) is 9.12. The van der Waals surface area contributed by atoms with Gasteiger partial charge in [-0.2, -0.15) is 4.37 Å². The molecule has 0 radical (unpaired) electrons. The van der Waals surface area contributed by atoms with Crippen LogP contribution in [0.3, 0.4) is 0 Å².